The predicted molar refractivity (Wildman–Crippen MR) is 127 cm³/mol. The molecule has 31 heavy (non-hydrogen) atoms. The Morgan fingerprint density at radius 3 is 2.39 bits per heavy atom. The van der Waals surface area contributed by atoms with Gasteiger partial charge < -0.3 is 19.9 Å². The molecule has 1 fully saturated rings. The fourth-order valence-electron chi connectivity index (χ4n) is 3.78. The van der Waals surface area contributed by atoms with Crippen molar-refractivity contribution in [1.82, 2.24) is 10.2 Å². The van der Waals surface area contributed by atoms with Crippen molar-refractivity contribution >= 4 is 21.5 Å². The van der Waals surface area contributed by atoms with Gasteiger partial charge in [-0.3, -0.25) is 4.99 Å². The van der Waals surface area contributed by atoms with Crippen LogP contribution < -0.4 is 15.0 Å². The van der Waals surface area contributed by atoms with Crippen LogP contribution in [-0.4, -0.2) is 71.9 Å². The molecule has 8 heteroatoms. The molecule has 1 aliphatic rings. The zero-order valence-corrected chi connectivity index (χ0v) is 19.1. The van der Waals surface area contributed by atoms with Crippen molar-refractivity contribution in [3.8, 4) is 5.75 Å². The Balaban J connectivity index is 1.44. The number of methoxy groups -OCH3 is 1. The molecule has 168 valence electrons. The van der Waals surface area contributed by atoms with Crippen molar-refractivity contribution in [2.45, 2.75) is 12.2 Å². The lowest BCUT2D eigenvalue weighted by Crippen LogP contribution is -2.52. The fraction of sp³-hybridized carbons (Fsp3) is 0.435. The molecule has 0 aliphatic carbocycles. The molecule has 0 aromatic heterocycles. The monoisotopic (exact) mass is 444 g/mol. The molecule has 0 atom stereocenters. The average molecular weight is 445 g/mol. The van der Waals surface area contributed by atoms with Gasteiger partial charge in [0.05, 0.1) is 24.3 Å². The number of nitrogens with zero attached hydrogens (tertiary/aromatic N) is 3. The first-order chi connectivity index (χ1) is 15.0. The molecule has 3 rings (SSSR count). The number of anilines is 1. The third kappa shape index (κ3) is 6.62. The van der Waals surface area contributed by atoms with E-state index in [9.17, 15) is 8.42 Å². The Kier molecular flexibility index (Phi) is 8.17. The van der Waals surface area contributed by atoms with Gasteiger partial charge >= 0.3 is 0 Å². The second-order valence-electron chi connectivity index (χ2n) is 7.55. The molecule has 1 aliphatic heterocycles. The summed E-state index contributed by atoms with van der Waals surface area (Å²) >= 11 is 0. The minimum absolute atomic E-state index is 0.0907. The second-order valence-corrected chi connectivity index (χ2v) is 9.74. The number of sulfone groups is 1. The van der Waals surface area contributed by atoms with Crippen LogP contribution in [0.4, 0.5) is 5.69 Å². The third-order valence-electron chi connectivity index (χ3n) is 5.36. The van der Waals surface area contributed by atoms with Gasteiger partial charge in [0.1, 0.15) is 5.75 Å². The minimum atomic E-state index is -3.12. The predicted octanol–water partition coefficient (Wildman–Crippen LogP) is 2.40. The molecular formula is C23H32N4O3S. The summed E-state index contributed by atoms with van der Waals surface area (Å²) in [6.07, 6.45) is 0.551. The number of para-hydroxylation sites is 2. The molecule has 2 aromatic carbocycles. The number of rotatable bonds is 8. The highest BCUT2D eigenvalue weighted by atomic mass is 32.2. The molecule has 1 heterocycles. The van der Waals surface area contributed by atoms with Gasteiger partial charge in [-0.15, -0.1) is 0 Å². The quantitative estimate of drug-likeness (QED) is 0.383. The largest absolute Gasteiger partial charge is 0.495 e. The first-order valence-corrected chi connectivity index (χ1v) is 12.4. The molecule has 2 aromatic rings. The maximum atomic E-state index is 12.4. The molecule has 0 radical (unpaired) electrons. The third-order valence-corrected chi connectivity index (χ3v) is 7.05. The molecule has 0 unspecified atom stereocenters. The average Bonchev–Trinajstić information content (AvgIpc) is 2.79. The Morgan fingerprint density at radius 2 is 1.71 bits per heavy atom. The SMILES string of the molecule is CN=C(NCCCS(=O)(=O)Cc1ccccc1)N1CCN(c2ccccc2OC)CC1. The van der Waals surface area contributed by atoms with Gasteiger partial charge in [0.2, 0.25) is 0 Å². The van der Waals surface area contributed by atoms with Crippen LogP contribution in [0.2, 0.25) is 0 Å². The number of benzene rings is 2. The van der Waals surface area contributed by atoms with Crippen LogP contribution in [0, 0.1) is 0 Å². The van der Waals surface area contributed by atoms with Crippen molar-refractivity contribution in [2.24, 2.45) is 4.99 Å². The van der Waals surface area contributed by atoms with Crippen LogP contribution in [0.1, 0.15) is 12.0 Å². The topological polar surface area (TPSA) is 74.2 Å². The second kappa shape index (κ2) is 11.0. The summed E-state index contributed by atoms with van der Waals surface area (Å²) in [7, 11) is 0.340. The highest BCUT2D eigenvalue weighted by Gasteiger charge is 2.21. The lowest BCUT2D eigenvalue weighted by Gasteiger charge is -2.38. The summed E-state index contributed by atoms with van der Waals surface area (Å²) in [5.74, 6) is 1.95. The van der Waals surface area contributed by atoms with E-state index < -0.39 is 9.84 Å². The van der Waals surface area contributed by atoms with Crippen LogP contribution in [-0.2, 0) is 15.6 Å². The van der Waals surface area contributed by atoms with Gasteiger partial charge in [0, 0.05) is 39.8 Å². The zero-order chi connectivity index (χ0) is 22.1. The number of aliphatic imine (C=N–C) groups is 1. The lowest BCUT2D eigenvalue weighted by atomic mass is 10.2. The van der Waals surface area contributed by atoms with Gasteiger partial charge in [0.25, 0.3) is 0 Å². The zero-order valence-electron chi connectivity index (χ0n) is 18.3. The van der Waals surface area contributed by atoms with Gasteiger partial charge in [-0.2, -0.15) is 0 Å². The number of guanidine groups is 1. The summed E-state index contributed by atoms with van der Waals surface area (Å²) in [4.78, 5) is 8.91. The Hall–Kier alpha value is -2.74. The molecule has 1 N–H and O–H groups in total. The fourth-order valence-corrected chi connectivity index (χ4v) is 5.20. The van der Waals surface area contributed by atoms with E-state index in [4.69, 9.17) is 4.74 Å². The van der Waals surface area contributed by atoms with E-state index >= 15 is 0 Å². The van der Waals surface area contributed by atoms with E-state index in [1.165, 1.54) is 0 Å². The molecule has 1 saturated heterocycles. The van der Waals surface area contributed by atoms with Crippen molar-refractivity contribution in [2.75, 3.05) is 57.5 Å². The maximum absolute atomic E-state index is 12.4. The molecule has 0 spiro atoms. The maximum Gasteiger partial charge on any atom is 0.193 e. The number of hydrogen-bond donors (Lipinski definition) is 1. The molecule has 0 saturated carbocycles. The van der Waals surface area contributed by atoms with E-state index in [1.807, 2.05) is 48.5 Å². The normalized spacial score (nSPS) is 15.1. The standard InChI is InChI=1S/C23H32N4O3S/c1-24-23(25-13-8-18-31(28,29)19-20-9-4-3-5-10-20)27-16-14-26(15-17-27)21-11-6-7-12-22(21)30-2/h3-7,9-12H,8,13-19H2,1-2H3,(H,24,25). The number of nitrogens with one attached hydrogen (secondary N) is 1. The van der Waals surface area contributed by atoms with Gasteiger partial charge in [-0.05, 0) is 24.1 Å². The highest BCUT2D eigenvalue weighted by Crippen LogP contribution is 2.28. The minimum Gasteiger partial charge on any atom is -0.495 e. The Labute approximate surface area is 185 Å². The van der Waals surface area contributed by atoms with E-state index in [1.54, 1.807) is 14.2 Å². The van der Waals surface area contributed by atoms with Crippen LogP contribution in [0.5, 0.6) is 5.75 Å². The van der Waals surface area contributed by atoms with Crippen LogP contribution >= 0.6 is 0 Å². The number of ether oxygens (including phenoxy) is 1. The van der Waals surface area contributed by atoms with E-state index in [0.717, 1.165) is 49.1 Å². The van der Waals surface area contributed by atoms with Gasteiger partial charge in [0.15, 0.2) is 15.8 Å². The smallest absolute Gasteiger partial charge is 0.193 e. The first kappa shape index (κ1) is 22.9. The van der Waals surface area contributed by atoms with Gasteiger partial charge in [-0.25, -0.2) is 8.42 Å². The summed E-state index contributed by atoms with van der Waals surface area (Å²) in [6.45, 7) is 3.99. The lowest BCUT2D eigenvalue weighted by molar-refractivity contribution is 0.367. The van der Waals surface area contributed by atoms with E-state index in [2.05, 4.69) is 26.2 Å². The number of hydrogen-bond acceptors (Lipinski definition) is 5. The van der Waals surface area contributed by atoms with Crippen LogP contribution in [0.15, 0.2) is 59.6 Å². The summed E-state index contributed by atoms with van der Waals surface area (Å²) in [5, 5.41) is 3.32. The summed E-state index contributed by atoms with van der Waals surface area (Å²) in [6, 6.07) is 17.4. The Bertz CT molecular complexity index is 956. The van der Waals surface area contributed by atoms with Crippen LogP contribution in [0.3, 0.4) is 0 Å². The first-order valence-electron chi connectivity index (χ1n) is 10.6. The van der Waals surface area contributed by atoms with Crippen molar-refractivity contribution in [1.29, 1.82) is 0 Å². The molecule has 0 amide bonds. The number of piperazine rings is 1. The van der Waals surface area contributed by atoms with Crippen LogP contribution in [0.25, 0.3) is 0 Å². The highest BCUT2D eigenvalue weighted by molar-refractivity contribution is 7.90. The summed E-state index contributed by atoms with van der Waals surface area (Å²) < 4.78 is 30.2. The van der Waals surface area contributed by atoms with E-state index in [-0.39, 0.29) is 11.5 Å². The summed E-state index contributed by atoms with van der Waals surface area (Å²) in [5.41, 5.74) is 1.94. The van der Waals surface area contributed by atoms with Crippen molar-refractivity contribution in [3.05, 3.63) is 60.2 Å². The van der Waals surface area contributed by atoms with Crippen molar-refractivity contribution in [3.63, 3.8) is 0 Å². The Morgan fingerprint density at radius 1 is 1.03 bits per heavy atom. The van der Waals surface area contributed by atoms with Crippen molar-refractivity contribution < 1.29 is 13.2 Å². The molecule has 7 nitrogen and oxygen atoms in total. The molecule has 0 bridgehead atoms. The van der Waals surface area contributed by atoms with Gasteiger partial charge in [-0.1, -0.05) is 42.5 Å². The van der Waals surface area contributed by atoms with E-state index in [0.29, 0.717) is 13.0 Å². The molecular weight excluding hydrogens is 412 g/mol.